The lowest BCUT2D eigenvalue weighted by molar-refractivity contribution is -0.0763. The molecular weight excluding hydrogens is 553 g/mol. The summed E-state index contributed by atoms with van der Waals surface area (Å²) in [6.45, 7) is 0.486. The van der Waals surface area contributed by atoms with Gasteiger partial charge in [0.05, 0.1) is 6.61 Å². The molecule has 17 nitrogen and oxygen atoms in total. The van der Waals surface area contributed by atoms with E-state index in [1.165, 1.54) is 6.92 Å². The zero-order valence-electron chi connectivity index (χ0n) is 19.6. The van der Waals surface area contributed by atoms with Crippen LogP contribution < -0.4 is 11.2 Å². The summed E-state index contributed by atoms with van der Waals surface area (Å²) >= 11 is 0. The van der Waals surface area contributed by atoms with Gasteiger partial charge in [-0.1, -0.05) is 5.92 Å². The highest BCUT2D eigenvalue weighted by Crippen LogP contribution is 2.72. The molecule has 1 fully saturated rings. The van der Waals surface area contributed by atoms with Crippen LogP contribution in [0.4, 0.5) is 0 Å². The van der Waals surface area contributed by atoms with Gasteiger partial charge in [-0.05, 0) is 6.92 Å². The number of phosphoric ester groups is 2. The second-order valence-corrected chi connectivity index (χ2v) is 12.4. The normalized spacial score (nSPS) is 27.6. The molecule has 0 spiro atoms. The molecular formula is C16H25N2O15P3. The largest absolute Gasteiger partial charge is 0.492 e. The molecule has 1 aromatic rings. The molecule has 2 unspecified atom stereocenters. The van der Waals surface area contributed by atoms with Gasteiger partial charge in [0.1, 0.15) is 12.2 Å². The highest BCUT2D eigenvalue weighted by Gasteiger charge is 2.57. The summed E-state index contributed by atoms with van der Waals surface area (Å²) in [5.74, 6) is 4.73. The van der Waals surface area contributed by atoms with Crippen molar-refractivity contribution in [1.29, 1.82) is 0 Å². The molecule has 0 saturated carbocycles. The average molecular weight is 578 g/mol. The Hall–Kier alpha value is -1.47. The number of aromatic nitrogens is 2. The summed E-state index contributed by atoms with van der Waals surface area (Å²) in [5.41, 5.74) is -4.10. The molecule has 20 heteroatoms. The predicted octanol–water partition coefficient (Wildman–Crippen LogP) is 0.509. The molecule has 0 amide bonds. The fraction of sp³-hybridized carbons (Fsp3) is 0.625. The van der Waals surface area contributed by atoms with Crippen LogP contribution in [0.5, 0.6) is 0 Å². The van der Waals surface area contributed by atoms with Crippen LogP contribution in [0.15, 0.2) is 21.9 Å². The van der Waals surface area contributed by atoms with Crippen molar-refractivity contribution in [1.82, 2.24) is 9.55 Å². The van der Waals surface area contributed by atoms with Crippen LogP contribution in [0.1, 0.15) is 13.2 Å². The first-order valence-electron chi connectivity index (χ1n) is 9.65. The smallest absolute Gasteiger partial charge is 0.386 e. The van der Waals surface area contributed by atoms with E-state index in [1.54, 1.807) is 0 Å². The minimum Gasteiger partial charge on any atom is -0.386 e. The number of aromatic amines is 1. The maximum absolute atomic E-state index is 12.9. The van der Waals surface area contributed by atoms with Gasteiger partial charge in [-0.15, -0.1) is 5.92 Å². The molecule has 36 heavy (non-hydrogen) atoms. The van der Waals surface area contributed by atoms with Gasteiger partial charge in [0.15, 0.2) is 11.8 Å². The van der Waals surface area contributed by atoms with Gasteiger partial charge in [0, 0.05) is 40.7 Å². The van der Waals surface area contributed by atoms with Crippen molar-refractivity contribution >= 4 is 23.5 Å². The molecule has 1 aromatic heterocycles. The lowest BCUT2D eigenvalue weighted by Crippen LogP contribution is -2.48. The molecule has 0 aromatic carbocycles. The number of rotatable bonds is 12. The first kappa shape index (κ1) is 30.8. The average Bonchev–Trinajstić information content (AvgIpc) is 3.07. The van der Waals surface area contributed by atoms with Crippen LogP contribution in [0, 0.1) is 11.8 Å². The summed E-state index contributed by atoms with van der Waals surface area (Å²) in [5, 5.41) is 21.7. The molecule has 6 atom stereocenters. The Morgan fingerprint density at radius 1 is 1.06 bits per heavy atom. The number of phosphoric acid groups is 3. The van der Waals surface area contributed by atoms with Gasteiger partial charge in [0.25, 0.3) is 5.56 Å². The second kappa shape index (κ2) is 11.9. The van der Waals surface area contributed by atoms with E-state index in [4.69, 9.17) is 13.6 Å². The summed E-state index contributed by atoms with van der Waals surface area (Å²) in [7, 11) is -10.8. The zero-order valence-corrected chi connectivity index (χ0v) is 22.3. The van der Waals surface area contributed by atoms with Gasteiger partial charge < -0.3 is 14.9 Å². The van der Waals surface area contributed by atoms with E-state index < -0.39 is 65.4 Å². The minimum absolute atomic E-state index is 0.728. The molecule has 1 saturated heterocycles. The van der Waals surface area contributed by atoms with Crippen molar-refractivity contribution in [2.24, 2.45) is 0 Å². The standard InChI is InChI=1S/C16H25N2O15P3/c1-6-8-16(22)13(20)11(31-14(16)18-9-7-12(19)17-15(18)21)10-30-35(24,28-4)33-36(25,29-5)32-34(23,26-2)27-3/h7,9,11,13-14,20,22H,10H2,1-5H3,(H,17,19,21)/t11-,13-,14-,16-,35?,36?/m1/s1. The van der Waals surface area contributed by atoms with E-state index in [1.807, 2.05) is 4.98 Å². The van der Waals surface area contributed by atoms with Crippen molar-refractivity contribution in [3.8, 4) is 11.8 Å². The lowest BCUT2D eigenvalue weighted by atomic mass is 9.94. The molecule has 0 radical (unpaired) electrons. The molecule has 1 aliphatic heterocycles. The highest BCUT2D eigenvalue weighted by molar-refractivity contribution is 7.67. The quantitative estimate of drug-likeness (QED) is 0.227. The summed E-state index contributed by atoms with van der Waals surface area (Å²) in [6.07, 6.45) is -4.04. The van der Waals surface area contributed by atoms with Crippen LogP contribution in [-0.4, -0.2) is 72.6 Å². The van der Waals surface area contributed by atoms with E-state index in [0.29, 0.717) is 0 Å². The maximum Gasteiger partial charge on any atom is 0.492 e. The van der Waals surface area contributed by atoms with Gasteiger partial charge in [-0.3, -0.25) is 37.0 Å². The molecule has 204 valence electrons. The zero-order chi connectivity index (χ0) is 27.4. The van der Waals surface area contributed by atoms with Crippen LogP contribution in [0.2, 0.25) is 0 Å². The van der Waals surface area contributed by atoms with Crippen molar-refractivity contribution in [3.05, 3.63) is 33.1 Å². The third-order valence-corrected chi connectivity index (χ3v) is 10.1. The Morgan fingerprint density at radius 3 is 2.11 bits per heavy atom. The molecule has 2 rings (SSSR count). The third kappa shape index (κ3) is 6.69. The van der Waals surface area contributed by atoms with Crippen LogP contribution in [-0.2, 0) is 49.7 Å². The van der Waals surface area contributed by atoms with E-state index in [9.17, 15) is 33.5 Å². The molecule has 2 heterocycles. The molecule has 0 bridgehead atoms. The number of hydrogen-bond acceptors (Lipinski definition) is 15. The van der Waals surface area contributed by atoms with Crippen molar-refractivity contribution in [2.75, 3.05) is 35.0 Å². The van der Waals surface area contributed by atoms with Crippen LogP contribution in [0.3, 0.4) is 0 Å². The van der Waals surface area contributed by atoms with Gasteiger partial charge in [0.2, 0.25) is 0 Å². The number of ether oxygens (including phenoxy) is 1. The third-order valence-electron chi connectivity index (χ3n) is 4.60. The Morgan fingerprint density at radius 2 is 1.61 bits per heavy atom. The minimum atomic E-state index is -4.96. The first-order chi connectivity index (χ1) is 16.7. The Labute approximate surface area is 204 Å². The van der Waals surface area contributed by atoms with Crippen molar-refractivity contribution in [2.45, 2.75) is 31.0 Å². The number of nitrogens with zero attached hydrogens (tertiary/aromatic N) is 1. The Bertz CT molecular complexity index is 1240. The fourth-order valence-corrected chi connectivity index (χ4v) is 7.32. The summed E-state index contributed by atoms with van der Waals surface area (Å²) in [6, 6.07) is 0.967. The van der Waals surface area contributed by atoms with Crippen molar-refractivity contribution in [3.63, 3.8) is 0 Å². The number of aliphatic hydroxyl groups excluding tert-OH is 1. The highest BCUT2D eigenvalue weighted by atomic mass is 31.3. The SMILES string of the molecule is CC#C[C@@]1(O)[C@H](O)[C@@H](COP(=O)(OC)OP(=O)(OC)OP(=O)(OC)OC)O[C@H]1n1ccc(=O)[nH]c1=O. The van der Waals surface area contributed by atoms with Gasteiger partial charge >= 0.3 is 29.2 Å². The predicted molar refractivity (Wildman–Crippen MR) is 119 cm³/mol. The fourth-order valence-electron chi connectivity index (χ4n) is 2.87. The number of hydrogen-bond donors (Lipinski definition) is 3. The van der Waals surface area contributed by atoms with Crippen LogP contribution >= 0.6 is 23.5 Å². The number of aliphatic hydroxyl groups is 2. The summed E-state index contributed by atoms with van der Waals surface area (Å²) < 4.78 is 76.5. The number of nitrogens with one attached hydrogen (secondary N) is 1. The molecule has 3 N–H and O–H groups in total. The molecule has 0 aliphatic carbocycles. The van der Waals surface area contributed by atoms with E-state index in [2.05, 4.69) is 34.2 Å². The van der Waals surface area contributed by atoms with Crippen LogP contribution in [0.25, 0.3) is 0 Å². The van der Waals surface area contributed by atoms with Gasteiger partial charge in [-0.2, -0.15) is 8.62 Å². The Balaban J connectivity index is 2.29. The Kier molecular flexibility index (Phi) is 10.2. The lowest BCUT2D eigenvalue weighted by Gasteiger charge is -2.26. The number of H-pyrrole nitrogens is 1. The van der Waals surface area contributed by atoms with Crippen molar-refractivity contribution < 1.29 is 59.9 Å². The summed E-state index contributed by atoms with van der Waals surface area (Å²) in [4.78, 5) is 25.6. The van der Waals surface area contributed by atoms with E-state index in [-0.39, 0.29) is 0 Å². The van der Waals surface area contributed by atoms with E-state index in [0.717, 1.165) is 45.3 Å². The first-order valence-corrected chi connectivity index (χ1v) is 14.0. The van der Waals surface area contributed by atoms with Gasteiger partial charge in [-0.25, -0.2) is 18.5 Å². The topological polar surface area (TPSA) is 220 Å². The van der Waals surface area contributed by atoms with E-state index >= 15 is 0 Å². The monoisotopic (exact) mass is 578 g/mol. The maximum atomic E-state index is 12.9. The molecule has 1 aliphatic rings. The second-order valence-electron chi connectivity index (χ2n) is 6.72.